The second kappa shape index (κ2) is 8.63. The monoisotopic (exact) mass is 421 g/mol. The maximum Gasteiger partial charge on any atom is 0.196 e. The van der Waals surface area contributed by atoms with Gasteiger partial charge in [-0.15, -0.1) is 21.5 Å². The molecule has 0 aliphatic carbocycles. The second-order valence-corrected chi connectivity index (χ2v) is 8.54. The van der Waals surface area contributed by atoms with Crippen LogP contribution in [0.2, 0.25) is 0 Å². The Morgan fingerprint density at radius 2 is 1.79 bits per heavy atom. The normalized spacial score (nSPS) is 11.9. The zero-order valence-corrected chi connectivity index (χ0v) is 17.6. The quantitative estimate of drug-likeness (QED) is 0.297. The van der Waals surface area contributed by atoms with Crippen LogP contribution in [0.1, 0.15) is 17.3 Å². The van der Waals surface area contributed by atoms with Gasteiger partial charge in [0, 0.05) is 5.56 Å². The lowest BCUT2D eigenvalue weighted by Crippen LogP contribution is -2.14. The molecule has 1 atom stereocenters. The standard InChI is InChI=1S/C22H19N3O2S2/c1-15(20(26)16-9-4-3-5-10-16)29-22-24-23-21(19-13-8-14-28-19)25(22)17-11-6-7-12-18(17)27-2/h3-15H,1-2H3. The van der Waals surface area contributed by atoms with E-state index in [0.29, 0.717) is 16.5 Å². The van der Waals surface area contributed by atoms with Crippen molar-refractivity contribution in [3.8, 4) is 22.1 Å². The number of thiophene rings is 1. The van der Waals surface area contributed by atoms with Crippen molar-refractivity contribution in [2.24, 2.45) is 0 Å². The van der Waals surface area contributed by atoms with Gasteiger partial charge in [0.15, 0.2) is 16.8 Å². The summed E-state index contributed by atoms with van der Waals surface area (Å²) in [7, 11) is 1.64. The zero-order valence-electron chi connectivity index (χ0n) is 16.0. The van der Waals surface area contributed by atoms with Gasteiger partial charge in [-0.05, 0) is 30.5 Å². The molecule has 2 heterocycles. The van der Waals surface area contributed by atoms with Crippen molar-refractivity contribution >= 4 is 28.9 Å². The van der Waals surface area contributed by atoms with E-state index in [1.54, 1.807) is 18.4 Å². The predicted molar refractivity (Wildman–Crippen MR) is 117 cm³/mol. The van der Waals surface area contributed by atoms with Crippen LogP contribution in [-0.2, 0) is 0 Å². The first-order valence-corrected chi connectivity index (χ1v) is 10.8. The number of carbonyl (C=O) groups is 1. The van der Waals surface area contributed by atoms with Crippen LogP contribution in [0.4, 0.5) is 0 Å². The van der Waals surface area contributed by atoms with E-state index in [1.165, 1.54) is 11.8 Å². The summed E-state index contributed by atoms with van der Waals surface area (Å²) in [6.45, 7) is 1.89. The lowest BCUT2D eigenvalue weighted by Gasteiger charge is -2.15. The molecule has 0 aliphatic heterocycles. The summed E-state index contributed by atoms with van der Waals surface area (Å²) < 4.78 is 7.53. The number of hydrogen-bond acceptors (Lipinski definition) is 6. The molecule has 0 radical (unpaired) electrons. The molecule has 0 N–H and O–H groups in total. The van der Waals surface area contributed by atoms with Gasteiger partial charge < -0.3 is 4.74 Å². The van der Waals surface area contributed by atoms with E-state index in [1.807, 2.05) is 83.6 Å². The molecule has 2 aromatic heterocycles. The Labute approximate surface area is 177 Å². The fraction of sp³-hybridized carbons (Fsp3) is 0.136. The Bertz CT molecular complexity index is 1110. The first kappa shape index (κ1) is 19.4. The number of ether oxygens (including phenoxy) is 1. The summed E-state index contributed by atoms with van der Waals surface area (Å²) in [6, 6.07) is 21.0. The Morgan fingerprint density at radius 1 is 1.03 bits per heavy atom. The molecular formula is C22H19N3O2S2. The molecule has 0 spiro atoms. The first-order chi connectivity index (χ1) is 14.2. The fourth-order valence-corrected chi connectivity index (χ4v) is 4.63. The van der Waals surface area contributed by atoms with Crippen LogP contribution in [0.25, 0.3) is 16.4 Å². The summed E-state index contributed by atoms with van der Waals surface area (Å²) in [5.41, 5.74) is 1.53. The molecule has 29 heavy (non-hydrogen) atoms. The van der Waals surface area contributed by atoms with Crippen LogP contribution in [0.15, 0.2) is 77.3 Å². The number of aromatic nitrogens is 3. The van der Waals surface area contributed by atoms with Gasteiger partial charge in [-0.2, -0.15) is 0 Å². The molecule has 146 valence electrons. The van der Waals surface area contributed by atoms with Gasteiger partial charge in [-0.25, -0.2) is 0 Å². The second-order valence-electron chi connectivity index (χ2n) is 6.28. The number of benzene rings is 2. The summed E-state index contributed by atoms with van der Waals surface area (Å²) in [6.07, 6.45) is 0. The Kier molecular flexibility index (Phi) is 5.78. The summed E-state index contributed by atoms with van der Waals surface area (Å²) >= 11 is 2.99. The topological polar surface area (TPSA) is 57.0 Å². The predicted octanol–water partition coefficient (Wildman–Crippen LogP) is 5.37. The van der Waals surface area contributed by atoms with E-state index in [4.69, 9.17) is 4.74 Å². The third-order valence-corrected chi connectivity index (χ3v) is 6.32. The third kappa shape index (κ3) is 3.97. The van der Waals surface area contributed by atoms with Crippen LogP contribution in [0, 0.1) is 0 Å². The van der Waals surface area contributed by atoms with Crippen LogP contribution < -0.4 is 4.74 Å². The molecule has 4 rings (SSSR count). The van der Waals surface area contributed by atoms with Crippen molar-refractivity contribution in [2.75, 3.05) is 7.11 Å². The lowest BCUT2D eigenvalue weighted by molar-refractivity contribution is 0.0994. The minimum Gasteiger partial charge on any atom is -0.495 e. The zero-order chi connectivity index (χ0) is 20.2. The maximum atomic E-state index is 12.9. The molecule has 2 aromatic carbocycles. The van der Waals surface area contributed by atoms with E-state index >= 15 is 0 Å². The minimum absolute atomic E-state index is 0.0582. The molecule has 5 nitrogen and oxygen atoms in total. The average molecular weight is 422 g/mol. The van der Waals surface area contributed by atoms with Crippen LogP contribution in [0.3, 0.4) is 0 Å². The van der Waals surface area contributed by atoms with E-state index in [0.717, 1.165) is 16.4 Å². The smallest absolute Gasteiger partial charge is 0.196 e. The molecule has 0 bridgehead atoms. The maximum absolute atomic E-state index is 12.9. The largest absolute Gasteiger partial charge is 0.495 e. The van der Waals surface area contributed by atoms with Crippen molar-refractivity contribution < 1.29 is 9.53 Å². The first-order valence-electron chi connectivity index (χ1n) is 9.07. The average Bonchev–Trinajstić information content (AvgIpc) is 3.43. The highest BCUT2D eigenvalue weighted by Crippen LogP contribution is 2.35. The Hall–Kier alpha value is -2.90. The molecular weight excluding hydrogens is 402 g/mol. The van der Waals surface area contributed by atoms with Gasteiger partial charge in [0.1, 0.15) is 5.75 Å². The van der Waals surface area contributed by atoms with Gasteiger partial charge in [0.05, 0.1) is 22.9 Å². The van der Waals surface area contributed by atoms with Crippen molar-refractivity contribution in [1.29, 1.82) is 0 Å². The number of ketones is 1. The van der Waals surface area contributed by atoms with Gasteiger partial charge in [0.2, 0.25) is 0 Å². The van der Waals surface area contributed by atoms with E-state index < -0.39 is 0 Å². The molecule has 4 aromatic rings. The molecule has 0 saturated carbocycles. The highest BCUT2D eigenvalue weighted by Gasteiger charge is 2.24. The number of nitrogens with zero attached hydrogens (tertiary/aromatic N) is 3. The molecule has 0 aliphatic rings. The van der Waals surface area contributed by atoms with E-state index in [2.05, 4.69) is 10.2 Å². The number of rotatable bonds is 7. The molecule has 1 unspecified atom stereocenters. The molecule has 7 heteroatoms. The lowest BCUT2D eigenvalue weighted by atomic mass is 10.1. The van der Waals surface area contributed by atoms with Gasteiger partial charge in [-0.1, -0.05) is 60.3 Å². The SMILES string of the molecule is COc1ccccc1-n1c(SC(C)C(=O)c2ccccc2)nnc1-c1cccs1. The Morgan fingerprint density at radius 3 is 2.52 bits per heavy atom. The van der Waals surface area contributed by atoms with Crippen LogP contribution in [-0.4, -0.2) is 32.9 Å². The minimum atomic E-state index is -0.314. The van der Waals surface area contributed by atoms with Gasteiger partial charge in [-0.3, -0.25) is 9.36 Å². The number of thioether (sulfide) groups is 1. The van der Waals surface area contributed by atoms with Crippen molar-refractivity contribution in [3.63, 3.8) is 0 Å². The highest BCUT2D eigenvalue weighted by atomic mass is 32.2. The van der Waals surface area contributed by atoms with Gasteiger partial charge in [0.25, 0.3) is 0 Å². The van der Waals surface area contributed by atoms with Gasteiger partial charge >= 0.3 is 0 Å². The number of methoxy groups -OCH3 is 1. The molecule has 0 saturated heterocycles. The third-order valence-electron chi connectivity index (χ3n) is 4.41. The number of carbonyl (C=O) groups excluding carboxylic acids is 1. The number of hydrogen-bond donors (Lipinski definition) is 0. The van der Waals surface area contributed by atoms with Crippen LogP contribution in [0.5, 0.6) is 5.75 Å². The number of para-hydroxylation sites is 2. The van der Waals surface area contributed by atoms with E-state index in [-0.39, 0.29) is 11.0 Å². The van der Waals surface area contributed by atoms with Crippen molar-refractivity contribution in [2.45, 2.75) is 17.3 Å². The Balaban J connectivity index is 1.75. The summed E-state index contributed by atoms with van der Waals surface area (Å²) in [5.74, 6) is 1.50. The van der Waals surface area contributed by atoms with Crippen molar-refractivity contribution in [1.82, 2.24) is 14.8 Å². The van der Waals surface area contributed by atoms with E-state index in [9.17, 15) is 4.79 Å². The van der Waals surface area contributed by atoms with Crippen molar-refractivity contribution in [3.05, 3.63) is 77.7 Å². The highest BCUT2D eigenvalue weighted by molar-refractivity contribution is 8.00. The summed E-state index contributed by atoms with van der Waals surface area (Å²) in [5, 5.41) is 11.2. The molecule has 0 fully saturated rings. The number of Topliss-reactive ketones (excluding diaryl/α,β-unsaturated/α-hetero) is 1. The fourth-order valence-electron chi connectivity index (χ4n) is 2.99. The molecule has 0 amide bonds. The van der Waals surface area contributed by atoms with Crippen LogP contribution >= 0.6 is 23.1 Å². The summed E-state index contributed by atoms with van der Waals surface area (Å²) in [4.78, 5) is 13.9.